The van der Waals surface area contributed by atoms with Crippen LogP contribution in [0.2, 0.25) is 0 Å². The summed E-state index contributed by atoms with van der Waals surface area (Å²) in [6.45, 7) is 7.13. The number of imidazole rings is 1. The molecule has 1 aromatic heterocycles. The standard InChI is InChI=1S/C24H30FN3O4S2/c1-3-31-13-5-10-28-22-9-8-20(34(29,30)27-11-14-32-15-12-27)16-21(22)26-24(28)33-17-19-7-4-6-18(2)23(19)25/h4,6-9,16H,3,5,10-15,17H2,1-2H3. The third-order valence-corrected chi connectivity index (χ3v) is 8.72. The molecule has 2 aromatic carbocycles. The second-order valence-corrected chi connectivity index (χ2v) is 11.0. The van der Waals surface area contributed by atoms with Crippen molar-refractivity contribution in [3.05, 3.63) is 53.3 Å². The highest BCUT2D eigenvalue weighted by molar-refractivity contribution is 7.98. The van der Waals surface area contributed by atoms with Crippen LogP contribution in [0.4, 0.5) is 4.39 Å². The first-order valence-electron chi connectivity index (χ1n) is 11.4. The summed E-state index contributed by atoms with van der Waals surface area (Å²) in [5, 5.41) is 0.730. The summed E-state index contributed by atoms with van der Waals surface area (Å²) in [7, 11) is -3.62. The number of rotatable bonds is 10. The molecule has 0 amide bonds. The summed E-state index contributed by atoms with van der Waals surface area (Å²) in [5.41, 5.74) is 2.69. The molecular formula is C24H30FN3O4S2. The maximum atomic E-state index is 14.5. The third-order valence-electron chi connectivity index (χ3n) is 5.80. The number of morpholine rings is 1. The number of aromatic nitrogens is 2. The number of aryl methyl sites for hydroxylation is 2. The van der Waals surface area contributed by atoms with Crippen molar-refractivity contribution in [3.63, 3.8) is 0 Å². The molecule has 1 fully saturated rings. The average molecular weight is 508 g/mol. The van der Waals surface area contributed by atoms with Gasteiger partial charge in [-0.3, -0.25) is 0 Å². The number of fused-ring (bicyclic) bond motifs is 1. The van der Waals surface area contributed by atoms with Gasteiger partial charge in [0.1, 0.15) is 5.82 Å². The Morgan fingerprint density at radius 2 is 2.00 bits per heavy atom. The maximum Gasteiger partial charge on any atom is 0.243 e. The van der Waals surface area contributed by atoms with Gasteiger partial charge in [-0.25, -0.2) is 17.8 Å². The Kier molecular flexibility index (Phi) is 8.26. The number of hydrogen-bond donors (Lipinski definition) is 0. The highest BCUT2D eigenvalue weighted by atomic mass is 32.2. The van der Waals surface area contributed by atoms with E-state index in [4.69, 9.17) is 14.5 Å². The van der Waals surface area contributed by atoms with E-state index in [0.29, 0.717) is 68.5 Å². The van der Waals surface area contributed by atoms with Gasteiger partial charge < -0.3 is 14.0 Å². The Balaban J connectivity index is 1.64. The molecule has 2 heterocycles. The molecule has 184 valence electrons. The summed E-state index contributed by atoms with van der Waals surface area (Å²) in [4.78, 5) is 4.98. The summed E-state index contributed by atoms with van der Waals surface area (Å²) in [6.07, 6.45) is 0.791. The number of halogens is 1. The highest BCUT2D eigenvalue weighted by Crippen LogP contribution is 2.30. The van der Waals surface area contributed by atoms with Gasteiger partial charge in [0.2, 0.25) is 10.0 Å². The summed E-state index contributed by atoms with van der Waals surface area (Å²) < 4.78 is 55.1. The van der Waals surface area contributed by atoms with Crippen LogP contribution < -0.4 is 0 Å². The number of hydrogen-bond acceptors (Lipinski definition) is 6. The number of sulfonamides is 1. The summed E-state index contributed by atoms with van der Waals surface area (Å²) in [5.74, 6) is 0.231. The van der Waals surface area contributed by atoms with Crippen molar-refractivity contribution in [1.29, 1.82) is 0 Å². The van der Waals surface area contributed by atoms with Gasteiger partial charge in [-0.15, -0.1) is 0 Å². The lowest BCUT2D eigenvalue weighted by molar-refractivity contribution is 0.0730. The van der Waals surface area contributed by atoms with Crippen LogP contribution in [0.1, 0.15) is 24.5 Å². The first-order valence-corrected chi connectivity index (χ1v) is 13.9. The second kappa shape index (κ2) is 11.2. The lowest BCUT2D eigenvalue weighted by Crippen LogP contribution is -2.40. The highest BCUT2D eigenvalue weighted by Gasteiger charge is 2.27. The van der Waals surface area contributed by atoms with Gasteiger partial charge in [0.25, 0.3) is 0 Å². The van der Waals surface area contributed by atoms with E-state index in [0.717, 1.165) is 17.1 Å². The molecular weight excluding hydrogens is 477 g/mol. The molecule has 0 spiro atoms. The lowest BCUT2D eigenvalue weighted by atomic mass is 10.1. The predicted molar refractivity (Wildman–Crippen MR) is 131 cm³/mol. The largest absolute Gasteiger partial charge is 0.382 e. The maximum absolute atomic E-state index is 14.5. The van der Waals surface area contributed by atoms with Crippen molar-refractivity contribution < 1.29 is 22.3 Å². The topological polar surface area (TPSA) is 73.7 Å². The normalized spacial score (nSPS) is 15.3. The van der Waals surface area contributed by atoms with Crippen molar-refractivity contribution >= 4 is 32.8 Å². The number of ether oxygens (including phenoxy) is 2. The lowest BCUT2D eigenvalue weighted by Gasteiger charge is -2.26. The molecule has 1 aliphatic heterocycles. The van der Waals surface area contributed by atoms with E-state index < -0.39 is 10.0 Å². The van der Waals surface area contributed by atoms with Gasteiger partial charge in [-0.2, -0.15) is 4.31 Å². The number of nitrogens with zero attached hydrogens (tertiary/aromatic N) is 3. The Labute approximate surface area is 204 Å². The Morgan fingerprint density at radius 3 is 2.76 bits per heavy atom. The second-order valence-electron chi connectivity index (χ2n) is 8.10. The molecule has 34 heavy (non-hydrogen) atoms. The minimum Gasteiger partial charge on any atom is -0.382 e. The zero-order valence-corrected chi connectivity index (χ0v) is 21.1. The van der Waals surface area contributed by atoms with Crippen LogP contribution in [0.25, 0.3) is 11.0 Å². The molecule has 0 bridgehead atoms. The fourth-order valence-electron chi connectivity index (χ4n) is 3.94. The van der Waals surface area contributed by atoms with E-state index in [1.54, 1.807) is 31.2 Å². The summed E-state index contributed by atoms with van der Waals surface area (Å²) >= 11 is 1.45. The van der Waals surface area contributed by atoms with E-state index in [-0.39, 0.29) is 10.7 Å². The van der Waals surface area contributed by atoms with E-state index in [1.165, 1.54) is 16.1 Å². The summed E-state index contributed by atoms with van der Waals surface area (Å²) in [6, 6.07) is 10.5. The molecule has 3 aromatic rings. The molecule has 0 atom stereocenters. The van der Waals surface area contributed by atoms with Crippen LogP contribution >= 0.6 is 11.8 Å². The molecule has 0 N–H and O–H groups in total. The monoisotopic (exact) mass is 507 g/mol. The fourth-order valence-corrected chi connectivity index (χ4v) is 6.39. The molecule has 0 saturated carbocycles. The van der Waals surface area contributed by atoms with Crippen LogP contribution in [-0.2, 0) is 31.8 Å². The van der Waals surface area contributed by atoms with Crippen LogP contribution in [0.5, 0.6) is 0 Å². The Bertz CT molecular complexity index is 1240. The van der Waals surface area contributed by atoms with Gasteiger partial charge in [0, 0.05) is 38.6 Å². The molecule has 10 heteroatoms. The fraction of sp³-hybridized carbons (Fsp3) is 0.458. The van der Waals surface area contributed by atoms with Crippen molar-refractivity contribution in [2.24, 2.45) is 0 Å². The minimum absolute atomic E-state index is 0.201. The Morgan fingerprint density at radius 1 is 1.21 bits per heavy atom. The van der Waals surface area contributed by atoms with Crippen molar-refractivity contribution in [2.45, 2.75) is 42.6 Å². The molecule has 4 rings (SSSR count). The minimum atomic E-state index is -3.62. The molecule has 0 radical (unpaired) electrons. The van der Waals surface area contributed by atoms with E-state index in [9.17, 15) is 12.8 Å². The SMILES string of the molecule is CCOCCCn1c(SCc2cccc(C)c2F)nc2cc(S(=O)(=O)N3CCOCC3)ccc21. The molecule has 0 aliphatic carbocycles. The van der Waals surface area contributed by atoms with Crippen molar-refractivity contribution in [2.75, 3.05) is 39.5 Å². The zero-order chi connectivity index (χ0) is 24.1. The van der Waals surface area contributed by atoms with Gasteiger partial charge in [0.15, 0.2) is 5.16 Å². The molecule has 7 nitrogen and oxygen atoms in total. The van der Waals surface area contributed by atoms with Crippen LogP contribution in [0.15, 0.2) is 46.5 Å². The predicted octanol–water partition coefficient (Wildman–Crippen LogP) is 4.22. The number of benzene rings is 2. The van der Waals surface area contributed by atoms with E-state index in [2.05, 4.69) is 4.57 Å². The average Bonchev–Trinajstić information content (AvgIpc) is 3.20. The molecule has 1 aliphatic rings. The van der Waals surface area contributed by atoms with Gasteiger partial charge in [-0.1, -0.05) is 30.0 Å². The zero-order valence-electron chi connectivity index (χ0n) is 19.5. The molecule has 0 unspecified atom stereocenters. The van der Waals surface area contributed by atoms with Crippen LogP contribution in [-0.4, -0.2) is 61.8 Å². The Hall–Kier alpha value is -1.98. The van der Waals surface area contributed by atoms with Crippen LogP contribution in [0.3, 0.4) is 0 Å². The first kappa shape index (κ1) is 25.1. The number of thioether (sulfide) groups is 1. The van der Waals surface area contributed by atoms with Gasteiger partial charge in [-0.05, 0) is 49.6 Å². The van der Waals surface area contributed by atoms with E-state index >= 15 is 0 Å². The molecule has 1 saturated heterocycles. The van der Waals surface area contributed by atoms with Gasteiger partial charge >= 0.3 is 0 Å². The van der Waals surface area contributed by atoms with Crippen molar-refractivity contribution in [1.82, 2.24) is 13.9 Å². The third kappa shape index (κ3) is 5.46. The quantitative estimate of drug-likeness (QED) is 0.302. The van der Waals surface area contributed by atoms with Crippen molar-refractivity contribution in [3.8, 4) is 0 Å². The smallest absolute Gasteiger partial charge is 0.243 e. The van der Waals surface area contributed by atoms with Crippen LogP contribution in [0, 0.1) is 12.7 Å². The van der Waals surface area contributed by atoms with E-state index in [1.807, 2.05) is 19.1 Å². The first-order chi connectivity index (χ1) is 16.4. The van der Waals surface area contributed by atoms with Gasteiger partial charge in [0.05, 0.1) is 29.1 Å².